The van der Waals surface area contributed by atoms with Crippen molar-refractivity contribution in [2.45, 2.75) is 25.7 Å². The molecule has 1 atom stereocenters. The van der Waals surface area contributed by atoms with Gasteiger partial charge in [0.2, 0.25) is 11.8 Å². The van der Waals surface area contributed by atoms with E-state index in [1.54, 1.807) is 11.9 Å². The summed E-state index contributed by atoms with van der Waals surface area (Å²) in [6.07, 6.45) is 2.90. The summed E-state index contributed by atoms with van der Waals surface area (Å²) >= 11 is 0. The third-order valence-corrected chi connectivity index (χ3v) is 4.40. The molecule has 1 N–H and O–H groups in total. The monoisotopic (exact) mass is 318 g/mol. The topological polar surface area (TPSA) is 60.9 Å². The lowest BCUT2D eigenvalue weighted by Crippen LogP contribution is -2.47. The average Bonchev–Trinajstić information content (AvgIpc) is 2.57. The van der Waals surface area contributed by atoms with Crippen LogP contribution in [0.15, 0.2) is 30.3 Å². The van der Waals surface area contributed by atoms with E-state index in [2.05, 4.69) is 12.1 Å². The van der Waals surface area contributed by atoms with Crippen LogP contribution in [0.2, 0.25) is 0 Å². The van der Waals surface area contributed by atoms with Gasteiger partial charge < -0.3 is 14.9 Å². The molecule has 1 heterocycles. The molecule has 126 valence electrons. The highest BCUT2D eigenvalue weighted by Crippen LogP contribution is 2.20. The van der Waals surface area contributed by atoms with Crippen LogP contribution in [0.4, 0.5) is 0 Å². The first-order chi connectivity index (χ1) is 11.1. The molecule has 5 nitrogen and oxygen atoms in total. The summed E-state index contributed by atoms with van der Waals surface area (Å²) in [5.74, 6) is 0.0347. The molecule has 1 saturated heterocycles. The van der Waals surface area contributed by atoms with E-state index < -0.39 is 0 Å². The van der Waals surface area contributed by atoms with Gasteiger partial charge in [-0.15, -0.1) is 0 Å². The molecule has 0 radical (unpaired) electrons. The van der Waals surface area contributed by atoms with Crippen LogP contribution >= 0.6 is 0 Å². The molecular formula is C18H26N2O3. The van der Waals surface area contributed by atoms with E-state index in [9.17, 15) is 9.59 Å². The zero-order chi connectivity index (χ0) is 16.7. The Morgan fingerprint density at radius 3 is 2.78 bits per heavy atom. The second-order valence-electron chi connectivity index (χ2n) is 6.15. The first-order valence-electron chi connectivity index (χ1n) is 8.29. The maximum atomic E-state index is 12.3. The Morgan fingerprint density at radius 2 is 2.09 bits per heavy atom. The molecule has 1 fully saturated rings. The molecule has 1 aliphatic heterocycles. The van der Waals surface area contributed by atoms with E-state index in [4.69, 9.17) is 5.11 Å². The van der Waals surface area contributed by atoms with Gasteiger partial charge in [-0.05, 0) is 24.8 Å². The second-order valence-corrected chi connectivity index (χ2v) is 6.15. The summed E-state index contributed by atoms with van der Waals surface area (Å²) in [4.78, 5) is 27.8. The predicted octanol–water partition coefficient (Wildman–Crippen LogP) is 1.31. The molecule has 2 amide bonds. The van der Waals surface area contributed by atoms with Crippen LogP contribution in [0.1, 0.15) is 24.8 Å². The third-order valence-electron chi connectivity index (χ3n) is 4.40. The van der Waals surface area contributed by atoms with Crippen molar-refractivity contribution in [1.82, 2.24) is 9.80 Å². The molecule has 0 aliphatic carbocycles. The lowest BCUT2D eigenvalue weighted by atomic mass is 9.95. The lowest BCUT2D eigenvalue weighted by Gasteiger charge is -2.33. The van der Waals surface area contributed by atoms with Crippen molar-refractivity contribution in [2.75, 3.05) is 33.3 Å². The van der Waals surface area contributed by atoms with E-state index in [1.807, 2.05) is 23.1 Å². The molecular weight excluding hydrogens is 292 g/mol. The largest absolute Gasteiger partial charge is 0.395 e. The summed E-state index contributed by atoms with van der Waals surface area (Å²) in [6, 6.07) is 10.2. The zero-order valence-electron chi connectivity index (χ0n) is 13.8. The van der Waals surface area contributed by atoms with Crippen LogP contribution < -0.4 is 0 Å². The number of hydrogen-bond donors (Lipinski definition) is 1. The lowest BCUT2D eigenvalue weighted by molar-refractivity contribution is -0.142. The Kier molecular flexibility index (Phi) is 6.59. The molecule has 5 heteroatoms. The number of aryl methyl sites for hydroxylation is 1. The van der Waals surface area contributed by atoms with Crippen molar-refractivity contribution < 1.29 is 14.7 Å². The number of nitrogens with zero attached hydrogens (tertiary/aromatic N) is 2. The summed E-state index contributed by atoms with van der Waals surface area (Å²) in [6.45, 7) is 1.51. The van der Waals surface area contributed by atoms with Crippen molar-refractivity contribution in [3.8, 4) is 0 Å². The van der Waals surface area contributed by atoms with Gasteiger partial charge in [0.1, 0.15) is 0 Å². The van der Waals surface area contributed by atoms with E-state index in [1.165, 1.54) is 5.56 Å². The van der Waals surface area contributed by atoms with Crippen LogP contribution in [-0.2, 0) is 16.0 Å². The minimum Gasteiger partial charge on any atom is -0.395 e. The average molecular weight is 318 g/mol. The Balaban J connectivity index is 1.83. The fourth-order valence-corrected chi connectivity index (χ4v) is 3.02. The number of rotatable bonds is 7. The van der Waals surface area contributed by atoms with Crippen molar-refractivity contribution in [3.63, 3.8) is 0 Å². The van der Waals surface area contributed by atoms with E-state index in [0.717, 1.165) is 12.8 Å². The minimum absolute atomic E-state index is 0.0274. The van der Waals surface area contributed by atoms with Crippen LogP contribution in [0.5, 0.6) is 0 Å². The van der Waals surface area contributed by atoms with Crippen molar-refractivity contribution in [2.24, 2.45) is 5.92 Å². The van der Waals surface area contributed by atoms with Gasteiger partial charge in [0.25, 0.3) is 0 Å². The second kappa shape index (κ2) is 8.67. The first-order valence-corrected chi connectivity index (χ1v) is 8.29. The van der Waals surface area contributed by atoms with Gasteiger partial charge in [-0.2, -0.15) is 0 Å². The number of piperidine rings is 1. The number of benzene rings is 1. The molecule has 0 saturated carbocycles. The van der Waals surface area contributed by atoms with E-state index in [0.29, 0.717) is 32.5 Å². The van der Waals surface area contributed by atoms with Gasteiger partial charge in [0, 0.05) is 33.1 Å². The predicted molar refractivity (Wildman–Crippen MR) is 88.8 cm³/mol. The van der Waals surface area contributed by atoms with Crippen LogP contribution in [0.3, 0.4) is 0 Å². The number of aliphatic hydroxyl groups is 1. The van der Waals surface area contributed by atoms with Crippen molar-refractivity contribution in [3.05, 3.63) is 35.9 Å². The van der Waals surface area contributed by atoms with Crippen LogP contribution in [0.25, 0.3) is 0 Å². The smallest absolute Gasteiger partial charge is 0.227 e. The molecule has 0 unspecified atom stereocenters. The van der Waals surface area contributed by atoms with Crippen LogP contribution in [0, 0.1) is 5.92 Å². The highest BCUT2D eigenvalue weighted by molar-refractivity contribution is 5.83. The summed E-state index contributed by atoms with van der Waals surface area (Å²) in [5, 5.41) is 8.94. The number of amides is 2. The Hall–Kier alpha value is -1.88. The quantitative estimate of drug-likeness (QED) is 0.824. The molecule has 1 aromatic carbocycles. The SMILES string of the molecule is CN(CCO)C(=O)[C@@H]1CCC(=O)N(CCCc2ccccc2)C1. The van der Waals surface area contributed by atoms with Gasteiger partial charge in [-0.1, -0.05) is 30.3 Å². The molecule has 2 rings (SSSR count). The van der Waals surface area contributed by atoms with E-state index >= 15 is 0 Å². The number of aliphatic hydroxyl groups excluding tert-OH is 1. The van der Waals surface area contributed by atoms with Gasteiger partial charge in [0.15, 0.2) is 0 Å². The number of carbonyl (C=O) groups is 2. The van der Waals surface area contributed by atoms with E-state index in [-0.39, 0.29) is 24.3 Å². The fraction of sp³-hybridized carbons (Fsp3) is 0.556. The van der Waals surface area contributed by atoms with Crippen molar-refractivity contribution >= 4 is 11.8 Å². The maximum Gasteiger partial charge on any atom is 0.227 e. The maximum absolute atomic E-state index is 12.3. The number of likely N-dealkylation sites (N-methyl/N-ethyl adjacent to an activating group) is 1. The molecule has 0 bridgehead atoms. The third kappa shape index (κ3) is 5.06. The van der Waals surface area contributed by atoms with Crippen LogP contribution in [-0.4, -0.2) is 60.0 Å². The van der Waals surface area contributed by atoms with Gasteiger partial charge in [-0.25, -0.2) is 0 Å². The van der Waals surface area contributed by atoms with Crippen molar-refractivity contribution in [1.29, 1.82) is 0 Å². The molecule has 1 aliphatic rings. The van der Waals surface area contributed by atoms with Gasteiger partial charge in [-0.3, -0.25) is 9.59 Å². The normalized spacial score (nSPS) is 18.1. The highest BCUT2D eigenvalue weighted by Gasteiger charge is 2.31. The Morgan fingerprint density at radius 1 is 1.35 bits per heavy atom. The van der Waals surface area contributed by atoms with Gasteiger partial charge >= 0.3 is 0 Å². The summed E-state index contributed by atoms with van der Waals surface area (Å²) in [5.41, 5.74) is 1.27. The molecule has 1 aromatic rings. The number of hydrogen-bond acceptors (Lipinski definition) is 3. The number of carbonyl (C=O) groups excluding carboxylic acids is 2. The number of likely N-dealkylation sites (tertiary alicyclic amines) is 1. The highest BCUT2D eigenvalue weighted by atomic mass is 16.3. The first kappa shape index (κ1) is 17.5. The fourth-order valence-electron chi connectivity index (χ4n) is 3.02. The molecule has 0 spiro atoms. The molecule has 0 aromatic heterocycles. The Bertz CT molecular complexity index is 518. The molecule has 23 heavy (non-hydrogen) atoms. The standard InChI is InChI=1S/C18H26N2O3/c1-19(12-13-21)18(23)16-9-10-17(22)20(14-16)11-5-8-15-6-3-2-4-7-15/h2-4,6-7,16,21H,5,8-14H2,1H3/t16-/m1/s1. The summed E-state index contributed by atoms with van der Waals surface area (Å²) < 4.78 is 0. The summed E-state index contributed by atoms with van der Waals surface area (Å²) in [7, 11) is 1.70. The minimum atomic E-state index is -0.138. The van der Waals surface area contributed by atoms with Gasteiger partial charge in [0.05, 0.1) is 12.5 Å². The zero-order valence-corrected chi connectivity index (χ0v) is 13.8. The Labute approximate surface area is 137 Å².